The van der Waals surface area contributed by atoms with E-state index in [9.17, 15) is 19.5 Å². The van der Waals surface area contributed by atoms with Crippen molar-refractivity contribution in [3.05, 3.63) is 75.9 Å². The topological polar surface area (TPSA) is 98.3 Å². The van der Waals surface area contributed by atoms with Gasteiger partial charge in [0.2, 0.25) is 0 Å². The average molecular weight is 414 g/mol. The quantitative estimate of drug-likeness (QED) is 0.680. The van der Waals surface area contributed by atoms with E-state index in [-0.39, 0.29) is 5.70 Å². The Morgan fingerprint density at radius 3 is 2.10 bits per heavy atom. The van der Waals surface area contributed by atoms with Gasteiger partial charge in [0.15, 0.2) is 0 Å². The number of amides is 2. The lowest BCUT2D eigenvalue weighted by atomic mass is 10.0. The minimum Gasteiger partial charge on any atom is -0.548 e. The van der Waals surface area contributed by atoms with Crippen LogP contribution in [-0.4, -0.2) is 23.8 Å². The van der Waals surface area contributed by atoms with Crippen LogP contribution in [0.25, 0.3) is 6.08 Å². The summed E-state index contributed by atoms with van der Waals surface area (Å²) >= 11 is 5.88. The third-order valence-corrected chi connectivity index (χ3v) is 4.45. The highest BCUT2D eigenvalue weighted by Gasteiger charge is 2.21. The summed E-state index contributed by atoms with van der Waals surface area (Å²) in [6.45, 7) is 5.19. The van der Waals surface area contributed by atoms with Crippen molar-refractivity contribution in [3.8, 4) is 0 Å². The normalized spacial score (nSPS) is 12.4. The Labute approximate surface area is 174 Å². The molecule has 0 aliphatic rings. The van der Waals surface area contributed by atoms with E-state index in [4.69, 9.17) is 11.6 Å². The molecule has 0 radical (unpaired) electrons. The summed E-state index contributed by atoms with van der Waals surface area (Å²) < 4.78 is 0. The van der Waals surface area contributed by atoms with Gasteiger partial charge >= 0.3 is 0 Å². The summed E-state index contributed by atoms with van der Waals surface area (Å²) in [4.78, 5) is 36.7. The molecule has 2 rings (SSSR count). The maximum Gasteiger partial charge on any atom is 0.268 e. The molecular formula is C22H22ClN2O4-. The zero-order valence-electron chi connectivity index (χ0n) is 16.4. The molecule has 0 aliphatic heterocycles. The van der Waals surface area contributed by atoms with Crippen LogP contribution in [0.3, 0.4) is 0 Å². The number of carboxylic acids is 1. The Kier molecular flexibility index (Phi) is 7.56. The molecule has 0 fully saturated rings. The van der Waals surface area contributed by atoms with Gasteiger partial charge in [-0.3, -0.25) is 9.59 Å². The predicted octanol–water partition coefficient (Wildman–Crippen LogP) is 2.31. The minimum absolute atomic E-state index is 0.0928. The largest absolute Gasteiger partial charge is 0.548 e. The highest BCUT2D eigenvalue weighted by molar-refractivity contribution is 6.30. The number of halogens is 1. The van der Waals surface area contributed by atoms with E-state index >= 15 is 0 Å². The van der Waals surface area contributed by atoms with E-state index in [2.05, 4.69) is 10.6 Å². The maximum atomic E-state index is 12.7. The summed E-state index contributed by atoms with van der Waals surface area (Å²) in [5, 5.41) is 16.8. The highest BCUT2D eigenvalue weighted by Crippen LogP contribution is 2.13. The number of aryl methyl sites for hydroxylation is 1. The first-order valence-electron chi connectivity index (χ1n) is 9.04. The third-order valence-electron chi connectivity index (χ3n) is 4.19. The number of rotatable bonds is 7. The van der Waals surface area contributed by atoms with Crippen LogP contribution in [0, 0.1) is 12.8 Å². The third kappa shape index (κ3) is 6.47. The second-order valence-electron chi connectivity index (χ2n) is 6.94. The lowest BCUT2D eigenvalue weighted by molar-refractivity contribution is -0.309. The summed E-state index contributed by atoms with van der Waals surface area (Å²) in [5.41, 5.74) is 1.87. The molecule has 0 bridgehead atoms. The number of carboxylic acid groups (broad SMARTS) is 1. The number of hydrogen-bond acceptors (Lipinski definition) is 4. The van der Waals surface area contributed by atoms with Gasteiger partial charge in [0.1, 0.15) is 5.70 Å². The Morgan fingerprint density at radius 2 is 1.59 bits per heavy atom. The number of hydrogen-bond donors (Lipinski definition) is 2. The van der Waals surface area contributed by atoms with Gasteiger partial charge in [0, 0.05) is 10.6 Å². The van der Waals surface area contributed by atoms with Crippen LogP contribution >= 0.6 is 11.6 Å². The van der Waals surface area contributed by atoms with Crippen LogP contribution in [0.2, 0.25) is 5.02 Å². The highest BCUT2D eigenvalue weighted by atomic mass is 35.5. The molecular weight excluding hydrogens is 392 g/mol. The van der Waals surface area contributed by atoms with E-state index in [1.807, 2.05) is 6.92 Å². The molecule has 0 saturated carbocycles. The van der Waals surface area contributed by atoms with Crippen molar-refractivity contribution >= 4 is 35.5 Å². The summed E-state index contributed by atoms with van der Waals surface area (Å²) in [7, 11) is 0. The molecule has 0 aromatic heterocycles. The first-order chi connectivity index (χ1) is 13.7. The molecule has 2 aromatic carbocycles. The van der Waals surface area contributed by atoms with E-state index < -0.39 is 29.7 Å². The lowest BCUT2D eigenvalue weighted by Crippen LogP contribution is -2.52. The molecule has 29 heavy (non-hydrogen) atoms. The molecule has 0 heterocycles. The van der Waals surface area contributed by atoms with Crippen molar-refractivity contribution in [2.45, 2.75) is 26.8 Å². The average Bonchev–Trinajstić information content (AvgIpc) is 2.67. The van der Waals surface area contributed by atoms with Crippen molar-refractivity contribution in [1.29, 1.82) is 0 Å². The molecule has 2 N–H and O–H groups in total. The zero-order chi connectivity index (χ0) is 21.6. The van der Waals surface area contributed by atoms with Crippen molar-refractivity contribution in [3.63, 3.8) is 0 Å². The van der Waals surface area contributed by atoms with E-state index in [0.717, 1.165) is 5.56 Å². The van der Waals surface area contributed by atoms with Crippen molar-refractivity contribution in [2.24, 2.45) is 5.92 Å². The first-order valence-corrected chi connectivity index (χ1v) is 9.42. The summed E-state index contributed by atoms with van der Waals surface area (Å²) in [5.74, 6) is -3.02. The van der Waals surface area contributed by atoms with Gasteiger partial charge in [-0.05, 0) is 48.7 Å². The molecule has 152 valence electrons. The van der Waals surface area contributed by atoms with Crippen molar-refractivity contribution < 1.29 is 19.5 Å². The Balaban J connectivity index is 2.33. The molecule has 6 nitrogen and oxygen atoms in total. The fourth-order valence-corrected chi connectivity index (χ4v) is 2.63. The molecule has 2 aromatic rings. The van der Waals surface area contributed by atoms with Gasteiger partial charge < -0.3 is 20.5 Å². The van der Waals surface area contributed by atoms with Gasteiger partial charge in [0.25, 0.3) is 11.8 Å². The second-order valence-corrected chi connectivity index (χ2v) is 7.38. The zero-order valence-corrected chi connectivity index (χ0v) is 17.1. The fourth-order valence-electron chi connectivity index (χ4n) is 2.50. The van der Waals surface area contributed by atoms with Gasteiger partial charge in [-0.2, -0.15) is 0 Å². The molecule has 1 atom stereocenters. The Hall–Kier alpha value is -3.12. The standard InChI is InChI=1S/C22H23ClN2O4/c1-13(2)19(22(28)29)25-21(27)18(12-15-6-10-17(23)11-7-15)24-20(26)16-8-4-14(3)5-9-16/h4-13,19H,1-3H3,(H,24,26)(H,25,27)(H,28,29)/p-1/b18-12+/t19-/m0/s1. The SMILES string of the molecule is Cc1ccc(C(=O)N/C(=C/c2ccc(Cl)cc2)C(=O)N[C@H](C(=O)[O-])C(C)C)cc1. The Morgan fingerprint density at radius 1 is 1.00 bits per heavy atom. The van der Waals surface area contributed by atoms with Crippen LogP contribution in [-0.2, 0) is 9.59 Å². The summed E-state index contributed by atoms with van der Waals surface area (Å²) in [6, 6.07) is 12.3. The summed E-state index contributed by atoms with van der Waals surface area (Å²) in [6.07, 6.45) is 1.45. The number of carbonyl (C=O) groups excluding carboxylic acids is 3. The molecule has 0 unspecified atom stereocenters. The van der Waals surface area contributed by atoms with Gasteiger partial charge in [-0.15, -0.1) is 0 Å². The van der Waals surface area contributed by atoms with Crippen LogP contribution in [0.15, 0.2) is 54.2 Å². The minimum atomic E-state index is -1.40. The van der Waals surface area contributed by atoms with E-state index in [1.54, 1.807) is 62.4 Å². The smallest absolute Gasteiger partial charge is 0.268 e. The molecule has 0 saturated heterocycles. The van der Waals surface area contributed by atoms with Gasteiger partial charge in [-0.1, -0.05) is 55.3 Å². The van der Waals surface area contributed by atoms with E-state index in [1.165, 1.54) is 6.08 Å². The maximum absolute atomic E-state index is 12.7. The van der Waals surface area contributed by atoms with Crippen LogP contribution < -0.4 is 15.7 Å². The predicted molar refractivity (Wildman–Crippen MR) is 110 cm³/mol. The molecule has 0 spiro atoms. The number of benzene rings is 2. The van der Waals surface area contributed by atoms with Gasteiger partial charge in [0.05, 0.1) is 12.0 Å². The monoisotopic (exact) mass is 413 g/mol. The van der Waals surface area contributed by atoms with Crippen LogP contribution in [0.5, 0.6) is 0 Å². The van der Waals surface area contributed by atoms with Crippen molar-refractivity contribution in [2.75, 3.05) is 0 Å². The second kappa shape index (κ2) is 9.89. The van der Waals surface area contributed by atoms with Crippen molar-refractivity contribution in [1.82, 2.24) is 10.6 Å². The number of nitrogens with one attached hydrogen (secondary N) is 2. The molecule has 7 heteroatoms. The van der Waals surface area contributed by atoms with Gasteiger partial charge in [-0.25, -0.2) is 0 Å². The fraction of sp³-hybridized carbons (Fsp3) is 0.227. The Bertz CT molecular complexity index is 919. The molecule has 2 amide bonds. The van der Waals surface area contributed by atoms with Crippen LogP contribution in [0.1, 0.15) is 35.3 Å². The molecule has 0 aliphatic carbocycles. The number of carbonyl (C=O) groups is 3. The number of aliphatic carboxylic acids is 1. The lowest BCUT2D eigenvalue weighted by Gasteiger charge is -2.24. The first kappa shape index (κ1) is 22.2. The van der Waals surface area contributed by atoms with Crippen LogP contribution in [0.4, 0.5) is 0 Å². The van der Waals surface area contributed by atoms with E-state index in [0.29, 0.717) is 16.1 Å².